The van der Waals surface area contributed by atoms with E-state index in [0.717, 1.165) is 26.1 Å². The molecule has 17 heavy (non-hydrogen) atoms. The average molecular weight is 235 g/mol. The highest BCUT2D eigenvalue weighted by Gasteiger charge is 2.37. The van der Waals surface area contributed by atoms with Crippen LogP contribution in [0.3, 0.4) is 0 Å². The molecule has 2 rings (SSSR count). The fourth-order valence-electron chi connectivity index (χ4n) is 2.32. The minimum absolute atomic E-state index is 0.128. The molecule has 92 valence electrons. The van der Waals surface area contributed by atoms with Crippen LogP contribution in [0.25, 0.3) is 0 Å². The van der Waals surface area contributed by atoms with E-state index in [9.17, 15) is 9.59 Å². The predicted octanol–water partition coefficient (Wildman–Crippen LogP) is -0.958. The Hall–Kier alpha value is -1.54. The third-order valence-electron chi connectivity index (χ3n) is 3.25. The van der Waals surface area contributed by atoms with Crippen molar-refractivity contribution in [3.8, 4) is 11.8 Å². The van der Waals surface area contributed by atoms with Crippen molar-refractivity contribution in [3.05, 3.63) is 0 Å². The highest BCUT2D eigenvalue weighted by Crippen LogP contribution is 2.12. The van der Waals surface area contributed by atoms with Gasteiger partial charge in [0.05, 0.1) is 6.04 Å². The zero-order valence-corrected chi connectivity index (χ0v) is 10.0. The van der Waals surface area contributed by atoms with Crippen LogP contribution in [0.5, 0.6) is 0 Å². The number of amides is 2. The lowest BCUT2D eigenvalue weighted by Crippen LogP contribution is -2.65. The zero-order valence-electron chi connectivity index (χ0n) is 10.0. The Morgan fingerprint density at radius 1 is 1.41 bits per heavy atom. The topological polar surface area (TPSA) is 52.7 Å². The fourth-order valence-corrected chi connectivity index (χ4v) is 2.32. The molecule has 0 aromatic rings. The summed E-state index contributed by atoms with van der Waals surface area (Å²) >= 11 is 0. The first-order chi connectivity index (χ1) is 8.22. The Balaban J connectivity index is 1.89. The molecule has 0 bridgehead atoms. The van der Waals surface area contributed by atoms with Crippen molar-refractivity contribution >= 4 is 11.8 Å². The van der Waals surface area contributed by atoms with Gasteiger partial charge in [0.2, 0.25) is 0 Å². The number of nitrogens with zero attached hydrogens (tertiary/aromatic N) is 2. The lowest BCUT2D eigenvalue weighted by molar-refractivity contribution is -0.152. The van der Waals surface area contributed by atoms with Crippen LogP contribution in [0.1, 0.15) is 13.3 Å². The average Bonchev–Trinajstić information content (AvgIpc) is 2.34. The summed E-state index contributed by atoms with van der Waals surface area (Å²) in [5.74, 6) is 5.07. The maximum absolute atomic E-state index is 11.6. The van der Waals surface area contributed by atoms with Crippen LogP contribution in [0.2, 0.25) is 0 Å². The second-order valence-corrected chi connectivity index (χ2v) is 4.34. The zero-order chi connectivity index (χ0) is 12.3. The highest BCUT2D eigenvalue weighted by molar-refractivity contribution is 6.35. The first-order valence-electron chi connectivity index (χ1n) is 5.93. The van der Waals surface area contributed by atoms with E-state index in [1.165, 1.54) is 0 Å². The summed E-state index contributed by atoms with van der Waals surface area (Å²) in [5.41, 5.74) is 0. The van der Waals surface area contributed by atoms with Gasteiger partial charge in [0.15, 0.2) is 0 Å². The van der Waals surface area contributed by atoms with Crippen LogP contribution in [-0.2, 0) is 9.59 Å². The van der Waals surface area contributed by atoms with E-state index in [2.05, 4.69) is 22.1 Å². The van der Waals surface area contributed by atoms with Gasteiger partial charge < -0.3 is 10.2 Å². The molecular weight excluding hydrogens is 218 g/mol. The van der Waals surface area contributed by atoms with Crippen molar-refractivity contribution < 1.29 is 9.59 Å². The summed E-state index contributed by atoms with van der Waals surface area (Å²) in [6.07, 6.45) is 0.865. The smallest absolute Gasteiger partial charge is 0.312 e. The van der Waals surface area contributed by atoms with Crippen molar-refractivity contribution in [2.45, 2.75) is 19.4 Å². The molecule has 5 heteroatoms. The van der Waals surface area contributed by atoms with Crippen molar-refractivity contribution in [2.75, 3.05) is 32.7 Å². The number of fused-ring (bicyclic) bond motifs is 1. The summed E-state index contributed by atoms with van der Waals surface area (Å²) < 4.78 is 0. The largest absolute Gasteiger partial charge is 0.346 e. The van der Waals surface area contributed by atoms with Gasteiger partial charge in [-0.05, 0) is 6.92 Å². The Labute approximate surface area is 101 Å². The summed E-state index contributed by atoms with van der Waals surface area (Å²) in [4.78, 5) is 26.8. The van der Waals surface area contributed by atoms with Gasteiger partial charge in [-0.2, -0.15) is 0 Å². The van der Waals surface area contributed by atoms with E-state index < -0.39 is 5.91 Å². The second-order valence-electron chi connectivity index (χ2n) is 4.34. The summed E-state index contributed by atoms with van der Waals surface area (Å²) in [6.45, 7) is 5.66. The van der Waals surface area contributed by atoms with E-state index >= 15 is 0 Å². The molecule has 2 fully saturated rings. The molecule has 1 N–H and O–H groups in total. The molecule has 0 radical (unpaired) electrons. The second kappa shape index (κ2) is 5.19. The monoisotopic (exact) mass is 235 g/mol. The van der Waals surface area contributed by atoms with Crippen LogP contribution >= 0.6 is 0 Å². The SMILES string of the molecule is CC#CCCN1CCN2C(=O)C(=O)NCC2C1. The van der Waals surface area contributed by atoms with Crippen molar-refractivity contribution in [1.29, 1.82) is 0 Å². The Morgan fingerprint density at radius 3 is 3.00 bits per heavy atom. The Kier molecular flexibility index (Phi) is 3.64. The molecule has 0 aliphatic carbocycles. The van der Waals surface area contributed by atoms with Gasteiger partial charge in [0.1, 0.15) is 0 Å². The van der Waals surface area contributed by atoms with Gasteiger partial charge in [-0.15, -0.1) is 11.8 Å². The van der Waals surface area contributed by atoms with Crippen LogP contribution in [0.4, 0.5) is 0 Å². The maximum Gasteiger partial charge on any atom is 0.312 e. The first-order valence-corrected chi connectivity index (χ1v) is 5.93. The minimum atomic E-state index is -0.466. The van der Waals surface area contributed by atoms with E-state index in [1.807, 2.05) is 6.92 Å². The van der Waals surface area contributed by atoms with Crippen LogP contribution in [-0.4, -0.2) is 60.4 Å². The van der Waals surface area contributed by atoms with E-state index in [-0.39, 0.29) is 11.9 Å². The molecule has 5 nitrogen and oxygen atoms in total. The van der Waals surface area contributed by atoms with Crippen molar-refractivity contribution in [2.24, 2.45) is 0 Å². The summed E-state index contributed by atoms with van der Waals surface area (Å²) in [7, 11) is 0. The normalized spacial score (nSPS) is 24.8. The number of hydrogen-bond donors (Lipinski definition) is 1. The molecule has 1 atom stereocenters. The fraction of sp³-hybridized carbons (Fsp3) is 0.667. The lowest BCUT2D eigenvalue weighted by atomic mass is 10.1. The van der Waals surface area contributed by atoms with E-state index in [4.69, 9.17) is 0 Å². The molecule has 0 saturated carbocycles. The molecule has 2 amide bonds. The molecule has 0 spiro atoms. The van der Waals surface area contributed by atoms with Gasteiger partial charge in [0, 0.05) is 39.1 Å². The van der Waals surface area contributed by atoms with Crippen LogP contribution < -0.4 is 5.32 Å². The standard InChI is InChI=1S/C12H17N3O2/c1-2-3-4-5-14-6-7-15-10(9-14)8-13-11(16)12(15)17/h10H,4-9H2,1H3,(H,13,16). The summed E-state index contributed by atoms with van der Waals surface area (Å²) in [6, 6.07) is 0.128. The number of piperazine rings is 2. The molecular formula is C12H17N3O2. The molecule has 1 unspecified atom stereocenters. The van der Waals surface area contributed by atoms with Gasteiger partial charge in [0.25, 0.3) is 0 Å². The number of hydrogen-bond acceptors (Lipinski definition) is 3. The third-order valence-corrected chi connectivity index (χ3v) is 3.25. The molecule has 0 aromatic carbocycles. The highest BCUT2D eigenvalue weighted by atomic mass is 16.2. The minimum Gasteiger partial charge on any atom is -0.346 e. The predicted molar refractivity (Wildman–Crippen MR) is 63.0 cm³/mol. The molecule has 2 aliphatic heterocycles. The Bertz CT molecular complexity index is 383. The van der Waals surface area contributed by atoms with Gasteiger partial charge in [-0.1, -0.05) is 0 Å². The third kappa shape index (κ3) is 2.59. The quantitative estimate of drug-likeness (QED) is 0.495. The maximum atomic E-state index is 11.6. The van der Waals surface area contributed by atoms with Gasteiger partial charge in [-0.3, -0.25) is 14.5 Å². The number of carbonyl (C=O) groups excluding carboxylic acids is 2. The van der Waals surface area contributed by atoms with Crippen LogP contribution in [0.15, 0.2) is 0 Å². The first kappa shape index (κ1) is 11.9. The number of carbonyl (C=O) groups is 2. The molecule has 2 saturated heterocycles. The van der Waals surface area contributed by atoms with E-state index in [1.54, 1.807) is 4.90 Å². The number of rotatable bonds is 2. The van der Waals surface area contributed by atoms with Crippen molar-refractivity contribution in [3.63, 3.8) is 0 Å². The van der Waals surface area contributed by atoms with Gasteiger partial charge in [-0.25, -0.2) is 0 Å². The summed E-state index contributed by atoms with van der Waals surface area (Å²) in [5, 5.41) is 2.63. The van der Waals surface area contributed by atoms with Gasteiger partial charge >= 0.3 is 11.8 Å². The molecule has 2 aliphatic rings. The number of nitrogens with one attached hydrogen (secondary N) is 1. The van der Waals surface area contributed by atoms with Crippen LogP contribution in [0, 0.1) is 11.8 Å². The Morgan fingerprint density at radius 2 is 2.24 bits per heavy atom. The molecule has 2 heterocycles. The van der Waals surface area contributed by atoms with Crippen molar-refractivity contribution in [1.82, 2.24) is 15.1 Å². The molecule has 0 aromatic heterocycles. The lowest BCUT2D eigenvalue weighted by Gasteiger charge is -2.43. The van der Waals surface area contributed by atoms with E-state index in [0.29, 0.717) is 13.1 Å².